The number of urea groups is 1. The molecule has 0 saturated heterocycles. The predicted molar refractivity (Wildman–Crippen MR) is 92.6 cm³/mol. The Morgan fingerprint density at radius 3 is 2.29 bits per heavy atom. The van der Waals surface area contributed by atoms with Gasteiger partial charge in [-0.25, -0.2) is 4.79 Å². The fraction of sp³-hybridized carbons (Fsp3) is 0.278. The zero-order chi connectivity index (χ0) is 17.4. The van der Waals surface area contributed by atoms with Crippen LogP contribution in [0.2, 0.25) is 0 Å². The summed E-state index contributed by atoms with van der Waals surface area (Å²) in [5, 5.41) is 15.4. The van der Waals surface area contributed by atoms with Crippen LogP contribution in [-0.4, -0.2) is 31.4 Å². The fourth-order valence-corrected chi connectivity index (χ4v) is 2.11. The zero-order valence-electron chi connectivity index (χ0n) is 13.8. The Morgan fingerprint density at radius 2 is 1.71 bits per heavy atom. The van der Waals surface area contributed by atoms with E-state index >= 15 is 0 Å². The third-order valence-electron chi connectivity index (χ3n) is 3.38. The molecule has 24 heavy (non-hydrogen) atoms. The topological polar surface area (TPSA) is 79.8 Å². The lowest BCUT2D eigenvalue weighted by Crippen LogP contribution is -2.32. The van der Waals surface area contributed by atoms with Gasteiger partial charge in [0, 0.05) is 12.2 Å². The number of aliphatic hydroxyl groups is 1. The highest BCUT2D eigenvalue weighted by molar-refractivity contribution is 5.89. The predicted octanol–water partition coefficient (Wildman–Crippen LogP) is 2.95. The third kappa shape index (κ3) is 5.17. The van der Waals surface area contributed by atoms with Crippen molar-refractivity contribution in [3.8, 4) is 11.5 Å². The summed E-state index contributed by atoms with van der Waals surface area (Å²) < 4.78 is 10.4. The second-order valence-corrected chi connectivity index (χ2v) is 5.08. The summed E-state index contributed by atoms with van der Waals surface area (Å²) in [7, 11) is 1.58. The van der Waals surface area contributed by atoms with Gasteiger partial charge in [-0.15, -0.1) is 0 Å². The molecule has 0 fully saturated rings. The van der Waals surface area contributed by atoms with E-state index in [0.29, 0.717) is 23.6 Å². The van der Waals surface area contributed by atoms with Gasteiger partial charge in [0.05, 0.1) is 19.8 Å². The van der Waals surface area contributed by atoms with Crippen molar-refractivity contribution in [2.24, 2.45) is 0 Å². The first kappa shape index (κ1) is 17.6. The van der Waals surface area contributed by atoms with Crippen LogP contribution in [0.3, 0.4) is 0 Å². The Balaban J connectivity index is 1.81. The normalized spacial score (nSPS) is 11.5. The van der Waals surface area contributed by atoms with Gasteiger partial charge in [0.15, 0.2) is 0 Å². The Labute approximate surface area is 141 Å². The summed E-state index contributed by atoms with van der Waals surface area (Å²) >= 11 is 0. The molecule has 3 N–H and O–H groups in total. The maximum Gasteiger partial charge on any atom is 0.319 e. The molecule has 0 radical (unpaired) electrons. The molecule has 0 bridgehead atoms. The van der Waals surface area contributed by atoms with Gasteiger partial charge in [0.2, 0.25) is 0 Å². The van der Waals surface area contributed by atoms with Crippen molar-refractivity contribution in [2.45, 2.75) is 13.0 Å². The average Bonchev–Trinajstić information content (AvgIpc) is 2.61. The molecule has 0 aliphatic carbocycles. The van der Waals surface area contributed by atoms with E-state index in [1.807, 2.05) is 6.92 Å². The van der Waals surface area contributed by atoms with Crippen molar-refractivity contribution >= 4 is 11.7 Å². The van der Waals surface area contributed by atoms with Gasteiger partial charge in [-0.3, -0.25) is 0 Å². The minimum atomic E-state index is -0.790. The number of anilines is 1. The number of carbonyl (C=O) groups excluding carboxylic acids is 1. The molecule has 0 saturated carbocycles. The molecule has 2 amide bonds. The number of amides is 2. The second-order valence-electron chi connectivity index (χ2n) is 5.08. The third-order valence-corrected chi connectivity index (χ3v) is 3.38. The molecular weight excluding hydrogens is 308 g/mol. The lowest BCUT2D eigenvalue weighted by atomic mass is 10.1. The molecule has 2 rings (SSSR count). The first-order chi connectivity index (χ1) is 11.6. The Morgan fingerprint density at radius 1 is 1.08 bits per heavy atom. The minimum Gasteiger partial charge on any atom is -0.497 e. The van der Waals surface area contributed by atoms with E-state index in [2.05, 4.69) is 10.6 Å². The van der Waals surface area contributed by atoms with E-state index in [1.54, 1.807) is 55.6 Å². The van der Waals surface area contributed by atoms with E-state index in [4.69, 9.17) is 9.47 Å². The van der Waals surface area contributed by atoms with E-state index in [1.165, 1.54) is 0 Å². The van der Waals surface area contributed by atoms with Crippen LogP contribution in [0.15, 0.2) is 48.5 Å². The molecule has 0 aliphatic rings. The van der Waals surface area contributed by atoms with Gasteiger partial charge >= 0.3 is 6.03 Å². The summed E-state index contributed by atoms with van der Waals surface area (Å²) in [6.45, 7) is 2.61. The molecule has 1 unspecified atom stereocenters. The first-order valence-electron chi connectivity index (χ1n) is 7.72. The number of methoxy groups -OCH3 is 1. The van der Waals surface area contributed by atoms with Crippen molar-refractivity contribution < 1.29 is 19.4 Å². The summed E-state index contributed by atoms with van der Waals surface area (Å²) in [6, 6.07) is 13.7. The number of nitrogens with one attached hydrogen (secondary N) is 2. The molecule has 0 aromatic heterocycles. The van der Waals surface area contributed by atoms with Crippen LogP contribution in [0.5, 0.6) is 11.5 Å². The Hall–Kier alpha value is -2.73. The Kier molecular flexibility index (Phi) is 6.45. The molecule has 2 aromatic carbocycles. The minimum absolute atomic E-state index is 0.106. The fourth-order valence-electron chi connectivity index (χ4n) is 2.11. The molecule has 6 heteroatoms. The maximum atomic E-state index is 11.9. The summed E-state index contributed by atoms with van der Waals surface area (Å²) in [4.78, 5) is 11.9. The van der Waals surface area contributed by atoms with Crippen LogP contribution in [0.1, 0.15) is 18.6 Å². The molecule has 0 aliphatic heterocycles. The number of aliphatic hydroxyl groups excluding tert-OH is 1. The van der Waals surface area contributed by atoms with E-state index in [-0.39, 0.29) is 12.6 Å². The molecule has 2 aromatic rings. The molecule has 1 atom stereocenters. The Bertz CT molecular complexity index is 641. The second kappa shape index (κ2) is 8.79. The van der Waals surface area contributed by atoms with Crippen LogP contribution in [0.4, 0.5) is 10.5 Å². The number of hydrogen-bond acceptors (Lipinski definition) is 4. The van der Waals surface area contributed by atoms with Gasteiger partial charge in [-0.1, -0.05) is 12.1 Å². The molecule has 0 heterocycles. The number of benzene rings is 2. The highest BCUT2D eigenvalue weighted by atomic mass is 16.5. The average molecular weight is 330 g/mol. The van der Waals surface area contributed by atoms with Crippen molar-refractivity contribution in [3.63, 3.8) is 0 Å². The van der Waals surface area contributed by atoms with Crippen LogP contribution in [-0.2, 0) is 0 Å². The van der Waals surface area contributed by atoms with Gasteiger partial charge in [0.1, 0.15) is 11.5 Å². The van der Waals surface area contributed by atoms with E-state index < -0.39 is 6.10 Å². The van der Waals surface area contributed by atoms with Crippen molar-refractivity contribution in [3.05, 3.63) is 54.1 Å². The van der Waals surface area contributed by atoms with E-state index in [9.17, 15) is 9.90 Å². The molecule has 128 valence electrons. The SMILES string of the molecule is CCOc1ccc(NC(=O)NCC(O)c2ccc(OC)cc2)cc1. The summed E-state index contributed by atoms with van der Waals surface area (Å²) in [6.07, 6.45) is -0.790. The van der Waals surface area contributed by atoms with Crippen LogP contribution in [0, 0.1) is 0 Å². The smallest absolute Gasteiger partial charge is 0.319 e. The number of hydrogen-bond donors (Lipinski definition) is 3. The zero-order valence-corrected chi connectivity index (χ0v) is 13.8. The maximum absolute atomic E-state index is 11.9. The van der Waals surface area contributed by atoms with Crippen molar-refractivity contribution in [2.75, 3.05) is 25.6 Å². The summed E-state index contributed by atoms with van der Waals surface area (Å²) in [5.41, 5.74) is 1.35. The monoisotopic (exact) mass is 330 g/mol. The quantitative estimate of drug-likeness (QED) is 0.729. The van der Waals surface area contributed by atoms with Gasteiger partial charge in [-0.2, -0.15) is 0 Å². The standard InChI is InChI=1S/C18H22N2O4/c1-3-24-16-10-6-14(7-11-16)20-18(22)19-12-17(21)13-4-8-15(23-2)9-5-13/h4-11,17,21H,3,12H2,1-2H3,(H2,19,20,22). The number of carbonyl (C=O) groups is 1. The lowest BCUT2D eigenvalue weighted by Gasteiger charge is -2.13. The summed E-state index contributed by atoms with van der Waals surface area (Å²) in [5.74, 6) is 1.46. The molecule has 0 spiro atoms. The van der Waals surface area contributed by atoms with E-state index in [0.717, 1.165) is 5.75 Å². The highest BCUT2D eigenvalue weighted by Gasteiger charge is 2.10. The van der Waals surface area contributed by atoms with Crippen LogP contribution in [0.25, 0.3) is 0 Å². The molecular formula is C18H22N2O4. The van der Waals surface area contributed by atoms with Crippen LogP contribution < -0.4 is 20.1 Å². The van der Waals surface area contributed by atoms with Gasteiger partial charge < -0.3 is 25.2 Å². The van der Waals surface area contributed by atoms with Crippen molar-refractivity contribution in [1.29, 1.82) is 0 Å². The van der Waals surface area contributed by atoms with Gasteiger partial charge in [-0.05, 0) is 48.9 Å². The van der Waals surface area contributed by atoms with Crippen molar-refractivity contribution in [1.82, 2.24) is 5.32 Å². The molecule has 6 nitrogen and oxygen atoms in total. The highest BCUT2D eigenvalue weighted by Crippen LogP contribution is 2.17. The largest absolute Gasteiger partial charge is 0.497 e. The van der Waals surface area contributed by atoms with Gasteiger partial charge in [0.25, 0.3) is 0 Å². The number of ether oxygens (including phenoxy) is 2. The lowest BCUT2D eigenvalue weighted by molar-refractivity contribution is 0.175. The first-order valence-corrected chi connectivity index (χ1v) is 7.72. The van der Waals surface area contributed by atoms with Crippen LogP contribution >= 0.6 is 0 Å². The number of rotatable bonds is 7.